The summed E-state index contributed by atoms with van der Waals surface area (Å²) in [5.74, 6) is -1.45. The van der Waals surface area contributed by atoms with Crippen LogP contribution in [0.25, 0.3) is 5.69 Å². The molecule has 0 spiro atoms. The van der Waals surface area contributed by atoms with Crippen LogP contribution in [0.4, 0.5) is 4.39 Å². The van der Waals surface area contributed by atoms with Gasteiger partial charge in [0, 0.05) is 29.2 Å². The normalized spacial score (nSPS) is 15.4. The smallest absolute Gasteiger partial charge is 0.271 e. The molecule has 0 bridgehead atoms. The molecule has 0 saturated carbocycles. The Labute approximate surface area is 191 Å². The highest BCUT2D eigenvalue weighted by Crippen LogP contribution is 2.22. The van der Waals surface area contributed by atoms with E-state index in [9.17, 15) is 18.8 Å². The van der Waals surface area contributed by atoms with Crippen LogP contribution in [0.3, 0.4) is 0 Å². The summed E-state index contributed by atoms with van der Waals surface area (Å²) in [6.07, 6.45) is 1.24. The number of amides is 3. The molecule has 0 radical (unpaired) electrons. The van der Waals surface area contributed by atoms with E-state index in [0.29, 0.717) is 36.2 Å². The van der Waals surface area contributed by atoms with Crippen LogP contribution in [0, 0.1) is 19.7 Å². The van der Waals surface area contributed by atoms with Crippen LogP contribution >= 0.6 is 0 Å². The number of nitrogens with one attached hydrogen (secondary N) is 2. The maximum absolute atomic E-state index is 13.3. The Morgan fingerprint density at radius 2 is 1.67 bits per heavy atom. The number of likely N-dealkylation sites (tertiary alicyclic amines) is 1. The fourth-order valence-electron chi connectivity index (χ4n) is 4.28. The Balaban J connectivity index is 1.43. The number of aromatic nitrogens is 1. The van der Waals surface area contributed by atoms with Crippen molar-refractivity contribution >= 4 is 17.7 Å². The predicted octanol–water partition coefficient (Wildman–Crippen LogP) is 3.30. The fraction of sp³-hybridized carbons (Fsp3) is 0.240. The van der Waals surface area contributed by atoms with Crippen molar-refractivity contribution in [3.63, 3.8) is 0 Å². The lowest BCUT2D eigenvalue weighted by atomic mass is 10.1. The van der Waals surface area contributed by atoms with Crippen LogP contribution in [0.5, 0.6) is 0 Å². The van der Waals surface area contributed by atoms with E-state index in [-0.39, 0.29) is 11.7 Å². The van der Waals surface area contributed by atoms with E-state index >= 15 is 0 Å². The number of benzene rings is 2. The van der Waals surface area contributed by atoms with Gasteiger partial charge in [0.05, 0.1) is 5.56 Å². The van der Waals surface area contributed by atoms with E-state index < -0.39 is 17.9 Å². The molecule has 2 aromatic carbocycles. The minimum absolute atomic E-state index is 0.206. The Bertz CT molecular complexity index is 1190. The molecule has 1 fully saturated rings. The molecule has 1 aromatic heterocycles. The quantitative estimate of drug-likeness (QED) is 0.601. The Hall–Kier alpha value is -3.94. The molecule has 1 unspecified atom stereocenters. The van der Waals surface area contributed by atoms with Gasteiger partial charge in [-0.3, -0.25) is 25.2 Å². The number of nitrogens with zero attached hydrogens (tertiary/aromatic N) is 2. The third kappa shape index (κ3) is 4.50. The average Bonchev–Trinajstić information content (AvgIpc) is 3.43. The van der Waals surface area contributed by atoms with Crippen molar-refractivity contribution in [1.29, 1.82) is 0 Å². The van der Waals surface area contributed by atoms with Crippen molar-refractivity contribution in [2.45, 2.75) is 32.7 Å². The second-order valence-electron chi connectivity index (χ2n) is 8.06. The van der Waals surface area contributed by atoms with Crippen LogP contribution in [-0.4, -0.2) is 39.8 Å². The lowest BCUT2D eigenvalue weighted by Gasteiger charge is -2.24. The molecule has 1 atom stereocenters. The average molecular weight is 448 g/mol. The fourth-order valence-corrected chi connectivity index (χ4v) is 4.28. The molecular weight excluding hydrogens is 423 g/mol. The molecule has 4 rings (SSSR count). The van der Waals surface area contributed by atoms with Gasteiger partial charge in [-0.05, 0) is 69.2 Å². The SMILES string of the molecule is Cc1cc(C(=O)NNC(=O)C2CCCN2C(=O)c2ccccc2)c(C)n1-c1ccc(F)cc1. The van der Waals surface area contributed by atoms with E-state index in [0.717, 1.165) is 11.4 Å². The monoisotopic (exact) mass is 448 g/mol. The minimum atomic E-state index is -0.648. The van der Waals surface area contributed by atoms with E-state index in [1.807, 2.05) is 17.6 Å². The molecule has 170 valence electrons. The number of rotatable bonds is 4. The molecule has 1 aliphatic heterocycles. The third-order valence-corrected chi connectivity index (χ3v) is 5.90. The highest BCUT2D eigenvalue weighted by Gasteiger charge is 2.34. The summed E-state index contributed by atoms with van der Waals surface area (Å²) >= 11 is 0. The van der Waals surface area contributed by atoms with Crippen molar-refractivity contribution in [3.05, 3.63) is 89.0 Å². The molecule has 7 nitrogen and oxygen atoms in total. The molecule has 3 amide bonds. The first-order valence-electron chi connectivity index (χ1n) is 10.8. The van der Waals surface area contributed by atoms with Crippen LogP contribution in [0.15, 0.2) is 60.7 Å². The molecule has 8 heteroatoms. The zero-order valence-electron chi connectivity index (χ0n) is 18.5. The molecule has 3 aromatic rings. The largest absolute Gasteiger partial charge is 0.327 e. The summed E-state index contributed by atoms with van der Waals surface area (Å²) < 4.78 is 15.1. The summed E-state index contributed by atoms with van der Waals surface area (Å²) in [7, 11) is 0. The van der Waals surface area contributed by atoms with Crippen molar-refractivity contribution in [3.8, 4) is 5.69 Å². The molecular formula is C25H25FN4O3. The standard InChI is InChI=1S/C25H25FN4O3/c1-16-15-21(17(2)30(16)20-12-10-19(26)11-13-20)23(31)27-28-24(32)22-9-6-14-29(22)25(33)18-7-4-3-5-8-18/h3-5,7-8,10-13,15,22H,6,9,14H2,1-2H3,(H,27,31)(H,28,32). The summed E-state index contributed by atoms with van der Waals surface area (Å²) in [6.45, 7) is 4.11. The van der Waals surface area contributed by atoms with E-state index in [1.54, 1.807) is 49.4 Å². The maximum atomic E-state index is 13.3. The topological polar surface area (TPSA) is 83.4 Å². The lowest BCUT2D eigenvalue weighted by Crippen LogP contribution is -2.51. The van der Waals surface area contributed by atoms with Gasteiger partial charge >= 0.3 is 0 Å². The second kappa shape index (κ2) is 9.28. The number of hydrogen-bond donors (Lipinski definition) is 2. The Kier molecular flexibility index (Phi) is 6.26. The van der Waals surface area contributed by atoms with Gasteiger partial charge in [0.25, 0.3) is 17.7 Å². The van der Waals surface area contributed by atoms with Crippen LogP contribution in [0.2, 0.25) is 0 Å². The highest BCUT2D eigenvalue weighted by molar-refractivity contribution is 6.00. The number of carbonyl (C=O) groups excluding carboxylic acids is 3. The van der Waals surface area contributed by atoms with Crippen molar-refractivity contribution in [2.75, 3.05) is 6.54 Å². The molecule has 1 aliphatic rings. The second-order valence-corrected chi connectivity index (χ2v) is 8.06. The Morgan fingerprint density at radius 1 is 0.970 bits per heavy atom. The van der Waals surface area contributed by atoms with Crippen LogP contribution < -0.4 is 10.9 Å². The van der Waals surface area contributed by atoms with Gasteiger partial charge in [-0.25, -0.2) is 4.39 Å². The third-order valence-electron chi connectivity index (χ3n) is 5.90. The van der Waals surface area contributed by atoms with Gasteiger partial charge in [-0.2, -0.15) is 0 Å². The molecule has 2 N–H and O–H groups in total. The first kappa shape index (κ1) is 22.3. The molecule has 1 saturated heterocycles. The van der Waals surface area contributed by atoms with Crippen molar-refractivity contribution in [1.82, 2.24) is 20.3 Å². The highest BCUT2D eigenvalue weighted by atomic mass is 19.1. The summed E-state index contributed by atoms with van der Waals surface area (Å²) in [4.78, 5) is 39.9. The number of hydrogen-bond acceptors (Lipinski definition) is 3. The van der Waals surface area contributed by atoms with Gasteiger partial charge in [0.2, 0.25) is 0 Å². The first-order chi connectivity index (χ1) is 15.9. The zero-order valence-corrected chi connectivity index (χ0v) is 18.5. The van der Waals surface area contributed by atoms with Crippen LogP contribution in [0.1, 0.15) is 44.9 Å². The summed E-state index contributed by atoms with van der Waals surface area (Å²) in [5, 5.41) is 0. The number of carbonyl (C=O) groups is 3. The molecule has 33 heavy (non-hydrogen) atoms. The van der Waals surface area contributed by atoms with E-state index in [2.05, 4.69) is 10.9 Å². The predicted molar refractivity (Wildman–Crippen MR) is 121 cm³/mol. The van der Waals surface area contributed by atoms with Gasteiger partial charge < -0.3 is 9.47 Å². The van der Waals surface area contributed by atoms with Gasteiger partial charge in [0.1, 0.15) is 11.9 Å². The summed E-state index contributed by atoms with van der Waals surface area (Å²) in [5.41, 5.74) is 8.04. The Morgan fingerprint density at radius 3 is 2.36 bits per heavy atom. The lowest BCUT2D eigenvalue weighted by molar-refractivity contribution is -0.125. The first-order valence-corrected chi connectivity index (χ1v) is 10.8. The van der Waals surface area contributed by atoms with Crippen molar-refractivity contribution in [2.24, 2.45) is 0 Å². The zero-order chi connectivity index (χ0) is 23.5. The number of hydrazine groups is 1. The molecule has 0 aliphatic carbocycles. The van der Waals surface area contributed by atoms with E-state index in [1.165, 1.54) is 17.0 Å². The maximum Gasteiger partial charge on any atom is 0.271 e. The number of aryl methyl sites for hydroxylation is 1. The molecule has 2 heterocycles. The van der Waals surface area contributed by atoms with E-state index in [4.69, 9.17) is 0 Å². The number of halogens is 1. The van der Waals surface area contributed by atoms with Gasteiger partial charge in [-0.15, -0.1) is 0 Å². The van der Waals surface area contributed by atoms with Gasteiger partial charge in [0.15, 0.2) is 0 Å². The van der Waals surface area contributed by atoms with Crippen molar-refractivity contribution < 1.29 is 18.8 Å². The summed E-state index contributed by atoms with van der Waals surface area (Å²) in [6, 6.07) is 15.9. The van der Waals surface area contributed by atoms with Crippen LogP contribution in [-0.2, 0) is 4.79 Å². The van der Waals surface area contributed by atoms with Gasteiger partial charge in [-0.1, -0.05) is 18.2 Å². The minimum Gasteiger partial charge on any atom is -0.327 e.